The number of aromatic nitrogens is 1. The summed E-state index contributed by atoms with van der Waals surface area (Å²) in [6.45, 7) is 4.87. The van der Waals surface area contributed by atoms with Gasteiger partial charge in [0.25, 0.3) is 11.1 Å². The topological polar surface area (TPSA) is 86.0 Å². The molecule has 0 saturated carbocycles. The number of hydrogen-bond acceptors (Lipinski definition) is 7. The standard InChI is InChI=1S/C26H24BrN3O4S/c1-3-32-23-13-18(12-20(27)25(23)33-15-19-9-5-4-8-17(19)2)14-28-30-24(31)16-35-26-29-21-10-6-7-11-22(21)34-26/h4-14H,3,15-16H2,1-2H3,(H,30,31)/b28-14-. The first-order valence-electron chi connectivity index (χ1n) is 11.0. The molecule has 35 heavy (non-hydrogen) atoms. The first-order chi connectivity index (χ1) is 17.0. The van der Waals surface area contributed by atoms with E-state index in [1.54, 1.807) is 6.21 Å². The summed E-state index contributed by atoms with van der Waals surface area (Å²) in [6, 6.07) is 19.2. The maximum absolute atomic E-state index is 12.2. The normalized spacial score (nSPS) is 11.2. The summed E-state index contributed by atoms with van der Waals surface area (Å²) in [6.07, 6.45) is 1.56. The second kappa shape index (κ2) is 11.9. The van der Waals surface area contributed by atoms with E-state index in [2.05, 4.69) is 44.4 Å². The summed E-state index contributed by atoms with van der Waals surface area (Å²) in [5.41, 5.74) is 6.99. The van der Waals surface area contributed by atoms with Crippen LogP contribution in [-0.4, -0.2) is 29.5 Å². The Bertz CT molecular complexity index is 1320. The van der Waals surface area contributed by atoms with E-state index in [9.17, 15) is 4.79 Å². The van der Waals surface area contributed by atoms with Crippen LogP contribution in [0.1, 0.15) is 23.6 Å². The number of thioether (sulfide) groups is 1. The lowest BCUT2D eigenvalue weighted by atomic mass is 10.1. The Balaban J connectivity index is 1.36. The lowest BCUT2D eigenvalue weighted by Gasteiger charge is -2.15. The van der Waals surface area contributed by atoms with E-state index >= 15 is 0 Å². The van der Waals surface area contributed by atoms with Crippen molar-refractivity contribution >= 4 is 50.9 Å². The Morgan fingerprint density at radius 3 is 2.77 bits per heavy atom. The summed E-state index contributed by atoms with van der Waals surface area (Å²) in [7, 11) is 0. The number of amides is 1. The highest BCUT2D eigenvalue weighted by molar-refractivity contribution is 9.10. The second-order valence-corrected chi connectivity index (χ2v) is 9.29. The van der Waals surface area contributed by atoms with Crippen molar-refractivity contribution in [1.29, 1.82) is 0 Å². The molecular weight excluding hydrogens is 530 g/mol. The quantitative estimate of drug-likeness (QED) is 0.145. The molecule has 3 aromatic carbocycles. The maximum atomic E-state index is 12.2. The number of benzene rings is 3. The van der Waals surface area contributed by atoms with Gasteiger partial charge in [0.15, 0.2) is 17.1 Å². The van der Waals surface area contributed by atoms with Crippen LogP contribution in [0.5, 0.6) is 11.5 Å². The summed E-state index contributed by atoms with van der Waals surface area (Å²) in [5.74, 6) is 1.07. The number of para-hydroxylation sites is 2. The number of rotatable bonds is 10. The molecule has 0 aliphatic carbocycles. The molecule has 0 unspecified atom stereocenters. The van der Waals surface area contributed by atoms with Crippen LogP contribution < -0.4 is 14.9 Å². The van der Waals surface area contributed by atoms with E-state index in [4.69, 9.17) is 13.9 Å². The Kier molecular flexibility index (Phi) is 8.44. The van der Waals surface area contributed by atoms with E-state index in [-0.39, 0.29) is 11.7 Å². The van der Waals surface area contributed by atoms with Crippen LogP contribution in [0.4, 0.5) is 0 Å². The van der Waals surface area contributed by atoms with Crippen LogP contribution in [0.15, 0.2) is 79.9 Å². The smallest absolute Gasteiger partial charge is 0.257 e. The third kappa shape index (κ3) is 6.64. The summed E-state index contributed by atoms with van der Waals surface area (Å²) < 4.78 is 18.2. The van der Waals surface area contributed by atoms with E-state index in [0.717, 1.165) is 26.7 Å². The number of oxazole rings is 1. The molecule has 180 valence electrons. The fourth-order valence-electron chi connectivity index (χ4n) is 3.24. The minimum Gasteiger partial charge on any atom is -0.490 e. The minimum atomic E-state index is -0.268. The van der Waals surface area contributed by atoms with E-state index < -0.39 is 0 Å². The fraction of sp³-hybridized carbons (Fsp3) is 0.192. The fourth-order valence-corrected chi connectivity index (χ4v) is 4.44. The van der Waals surface area contributed by atoms with Gasteiger partial charge in [0, 0.05) is 0 Å². The second-order valence-electron chi connectivity index (χ2n) is 7.51. The molecule has 1 amide bonds. The average Bonchev–Trinajstić information content (AvgIpc) is 3.27. The Morgan fingerprint density at radius 2 is 1.97 bits per heavy atom. The number of nitrogens with zero attached hydrogens (tertiary/aromatic N) is 2. The molecule has 4 rings (SSSR count). The van der Waals surface area contributed by atoms with Crippen molar-refractivity contribution in [3.63, 3.8) is 0 Å². The van der Waals surface area contributed by atoms with Crippen LogP contribution in [0.25, 0.3) is 11.1 Å². The van der Waals surface area contributed by atoms with Gasteiger partial charge in [-0.15, -0.1) is 0 Å². The van der Waals surface area contributed by atoms with Gasteiger partial charge in [0.1, 0.15) is 12.1 Å². The molecule has 0 spiro atoms. The van der Waals surface area contributed by atoms with Crippen LogP contribution in [-0.2, 0) is 11.4 Å². The minimum absolute atomic E-state index is 0.129. The first kappa shape index (κ1) is 24.8. The lowest BCUT2D eigenvalue weighted by molar-refractivity contribution is -0.118. The van der Waals surface area contributed by atoms with Crippen molar-refractivity contribution in [2.24, 2.45) is 5.10 Å². The van der Waals surface area contributed by atoms with E-state index in [0.29, 0.717) is 35.5 Å². The van der Waals surface area contributed by atoms with Gasteiger partial charge in [-0.1, -0.05) is 48.2 Å². The number of nitrogens with one attached hydrogen (secondary N) is 1. The SMILES string of the molecule is CCOc1cc(/C=N\NC(=O)CSc2nc3ccccc3o2)cc(Br)c1OCc1ccccc1C. The van der Waals surface area contributed by atoms with Gasteiger partial charge in [-0.3, -0.25) is 4.79 Å². The van der Waals surface area contributed by atoms with Crippen molar-refractivity contribution < 1.29 is 18.7 Å². The molecule has 7 nitrogen and oxygen atoms in total. The van der Waals surface area contributed by atoms with Crippen molar-refractivity contribution in [2.75, 3.05) is 12.4 Å². The maximum Gasteiger partial charge on any atom is 0.257 e. The van der Waals surface area contributed by atoms with Crippen molar-refractivity contribution in [3.8, 4) is 11.5 Å². The first-order valence-corrected chi connectivity index (χ1v) is 12.7. The third-order valence-electron chi connectivity index (χ3n) is 4.97. The molecule has 1 heterocycles. The molecule has 0 saturated heterocycles. The number of hydrazone groups is 1. The number of aryl methyl sites for hydroxylation is 1. The Morgan fingerprint density at radius 1 is 1.17 bits per heavy atom. The highest BCUT2D eigenvalue weighted by atomic mass is 79.9. The van der Waals surface area contributed by atoms with Crippen LogP contribution in [0, 0.1) is 6.92 Å². The number of hydrogen-bond donors (Lipinski definition) is 1. The van der Waals surface area contributed by atoms with Gasteiger partial charge in [-0.25, -0.2) is 10.4 Å². The van der Waals surface area contributed by atoms with Crippen LogP contribution in [0.3, 0.4) is 0 Å². The van der Waals surface area contributed by atoms with Crippen molar-refractivity contribution in [3.05, 3.63) is 81.8 Å². The molecule has 0 aliphatic rings. The predicted molar refractivity (Wildman–Crippen MR) is 141 cm³/mol. The summed E-state index contributed by atoms with van der Waals surface area (Å²) >= 11 is 4.78. The van der Waals surface area contributed by atoms with Gasteiger partial charge < -0.3 is 13.9 Å². The summed E-state index contributed by atoms with van der Waals surface area (Å²) in [4.78, 5) is 16.5. The molecule has 1 aromatic heterocycles. The predicted octanol–water partition coefficient (Wildman–Crippen LogP) is 6.12. The monoisotopic (exact) mass is 553 g/mol. The van der Waals surface area contributed by atoms with Crippen molar-refractivity contribution in [1.82, 2.24) is 10.4 Å². The zero-order valence-electron chi connectivity index (χ0n) is 19.3. The number of fused-ring (bicyclic) bond motifs is 1. The molecule has 0 fully saturated rings. The molecule has 0 bridgehead atoms. The summed E-state index contributed by atoms with van der Waals surface area (Å²) in [5, 5.41) is 4.51. The molecule has 4 aromatic rings. The molecule has 0 atom stereocenters. The number of carbonyl (C=O) groups is 1. The van der Waals surface area contributed by atoms with Crippen LogP contribution >= 0.6 is 27.7 Å². The number of ether oxygens (including phenoxy) is 2. The molecule has 0 radical (unpaired) electrons. The molecule has 1 N–H and O–H groups in total. The highest BCUT2D eigenvalue weighted by Gasteiger charge is 2.13. The van der Waals surface area contributed by atoms with Gasteiger partial charge in [0.2, 0.25) is 0 Å². The average molecular weight is 554 g/mol. The van der Waals surface area contributed by atoms with Crippen LogP contribution in [0.2, 0.25) is 0 Å². The van der Waals surface area contributed by atoms with Crippen molar-refractivity contribution in [2.45, 2.75) is 25.7 Å². The third-order valence-corrected chi connectivity index (χ3v) is 6.39. The molecule has 9 heteroatoms. The van der Waals surface area contributed by atoms with Gasteiger partial charge >= 0.3 is 0 Å². The van der Waals surface area contributed by atoms with Gasteiger partial charge in [0.05, 0.1) is 23.0 Å². The largest absolute Gasteiger partial charge is 0.490 e. The van der Waals surface area contributed by atoms with Gasteiger partial charge in [-0.05, 0) is 70.7 Å². The van der Waals surface area contributed by atoms with Gasteiger partial charge in [-0.2, -0.15) is 5.10 Å². The Hall–Kier alpha value is -3.30. The number of carbonyl (C=O) groups excluding carboxylic acids is 1. The molecular formula is C26H24BrN3O4S. The van der Waals surface area contributed by atoms with E-state index in [1.165, 1.54) is 11.8 Å². The zero-order valence-corrected chi connectivity index (χ0v) is 21.7. The lowest BCUT2D eigenvalue weighted by Crippen LogP contribution is -2.19. The number of halogens is 1. The highest BCUT2D eigenvalue weighted by Crippen LogP contribution is 2.37. The van der Waals surface area contributed by atoms with E-state index in [1.807, 2.05) is 61.5 Å². The zero-order chi connectivity index (χ0) is 24.6. The Labute approximate surface area is 216 Å². The molecule has 0 aliphatic heterocycles.